The highest BCUT2D eigenvalue weighted by Crippen LogP contribution is 2.51. The molecule has 182 valence electrons. The maximum atomic E-state index is 13.9. The molecule has 36 heavy (non-hydrogen) atoms. The molecule has 0 spiro atoms. The number of aromatic nitrogens is 3. The summed E-state index contributed by atoms with van der Waals surface area (Å²) in [6, 6.07) is 17.4. The van der Waals surface area contributed by atoms with Gasteiger partial charge in [-0.1, -0.05) is 18.2 Å². The van der Waals surface area contributed by atoms with E-state index in [0.29, 0.717) is 28.9 Å². The molecule has 6 rings (SSSR count). The lowest BCUT2D eigenvalue weighted by Crippen LogP contribution is -2.32. The lowest BCUT2D eigenvalue weighted by atomic mass is 9.84. The van der Waals surface area contributed by atoms with E-state index in [1.807, 2.05) is 36.4 Å². The first kappa shape index (κ1) is 22.0. The summed E-state index contributed by atoms with van der Waals surface area (Å²) in [5.74, 6) is 2.85. The molecule has 0 fully saturated rings. The Morgan fingerprint density at radius 2 is 1.67 bits per heavy atom. The maximum Gasteiger partial charge on any atom is 0.226 e. The van der Waals surface area contributed by atoms with E-state index in [2.05, 4.69) is 15.4 Å². The molecule has 0 saturated heterocycles. The Bertz CT molecular complexity index is 1480. The Kier molecular flexibility index (Phi) is 5.25. The van der Waals surface area contributed by atoms with Gasteiger partial charge in [-0.3, -0.25) is 0 Å². The highest BCUT2D eigenvalue weighted by atomic mass is 19.1. The van der Waals surface area contributed by atoms with Crippen LogP contribution in [0.2, 0.25) is 0 Å². The van der Waals surface area contributed by atoms with Crippen molar-refractivity contribution >= 4 is 11.6 Å². The molecule has 3 heterocycles. The second-order valence-corrected chi connectivity index (χ2v) is 8.41. The predicted octanol–water partition coefficient (Wildman–Crippen LogP) is 5.00. The summed E-state index contributed by atoms with van der Waals surface area (Å²) >= 11 is 0. The van der Waals surface area contributed by atoms with Crippen molar-refractivity contribution in [3.63, 3.8) is 0 Å². The molecule has 8 nitrogen and oxygen atoms in total. The molecule has 4 aromatic rings. The van der Waals surface area contributed by atoms with Crippen molar-refractivity contribution in [1.82, 2.24) is 14.8 Å². The number of benzene rings is 3. The SMILES string of the molecule is COc1ccc2c(c1)C1=C([C@@H](c3ccc(OC)c(OC)c3)O2)[C@@H](c2ccc(F)cc2)n2ncnc2N1. The van der Waals surface area contributed by atoms with Gasteiger partial charge < -0.3 is 24.3 Å². The van der Waals surface area contributed by atoms with E-state index in [4.69, 9.17) is 18.9 Å². The number of fused-ring (bicyclic) bond motifs is 3. The van der Waals surface area contributed by atoms with Crippen LogP contribution >= 0.6 is 0 Å². The third kappa shape index (κ3) is 3.43. The lowest BCUT2D eigenvalue weighted by molar-refractivity contribution is 0.222. The Morgan fingerprint density at radius 1 is 0.889 bits per heavy atom. The van der Waals surface area contributed by atoms with Crippen molar-refractivity contribution in [3.05, 3.63) is 95.1 Å². The number of hydrogen-bond acceptors (Lipinski definition) is 7. The molecule has 1 N–H and O–H groups in total. The minimum atomic E-state index is -0.513. The normalized spacial score (nSPS) is 17.8. The van der Waals surface area contributed by atoms with Crippen molar-refractivity contribution in [2.45, 2.75) is 12.1 Å². The fraction of sp³-hybridized carbons (Fsp3) is 0.185. The summed E-state index contributed by atoms with van der Waals surface area (Å²) in [7, 11) is 4.82. The summed E-state index contributed by atoms with van der Waals surface area (Å²) in [4.78, 5) is 4.43. The molecule has 0 radical (unpaired) electrons. The van der Waals surface area contributed by atoms with Gasteiger partial charge in [0.05, 0.1) is 27.0 Å². The van der Waals surface area contributed by atoms with Crippen LogP contribution in [0.25, 0.3) is 5.70 Å². The average molecular weight is 487 g/mol. The van der Waals surface area contributed by atoms with Crippen LogP contribution in [-0.4, -0.2) is 36.1 Å². The van der Waals surface area contributed by atoms with E-state index in [1.54, 1.807) is 38.1 Å². The third-order valence-corrected chi connectivity index (χ3v) is 6.52. The molecule has 2 atom stereocenters. The fourth-order valence-electron chi connectivity index (χ4n) is 4.83. The lowest BCUT2D eigenvalue weighted by Gasteiger charge is -2.39. The van der Waals surface area contributed by atoms with E-state index in [0.717, 1.165) is 28.0 Å². The van der Waals surface area contributed by atoms with Gasteiger partial charge in [0, 0.05) is 16.7 Å². The predicted molar refractivity (Wildman–Crippen MR) is 131 cm³/mol. The highest BCUT2D eigenvalue weighted by molar-refractivity contribution is 5.85. The van der Waals surface area contributed by atoms with E-state index in [-0.39, 0.29) is 5.82 Å². The minimum Gasteiger partial charge on any atom is -0.497 e. The second-order valence-electron chi connectivity index (χ2n) is 8.41. The zero-order valence-corrected chi connectivity index (χ0v) is 19.9. The van der Waals surface area contributed by atoms with E-state index < -0.39 is 12.1 Å². The van der Waals surface area contributed by atoms with E-state index in [1.165, 1.54) is 18.5 Å². The van der Waals surface area contributed by atoms with Gasteiger partial charge in [-0.15, -0.1) is 0 Å². The van der Waals surface area contributed by atoms with Crippen molar-refractivity contribution < 1.29 is 23.3 Å². The molecule has 2 aliphatic heterocycles. The summed E-state index contributed by atoms with van der Waals surface area (Å²) in [6.45, 7) is 0. The van der Waals surface area contributed by atoms with Crippen LogP contribution < -0.4 is 24.3 Å². The molecular formula is C27H23FN4O4. The Hall–Kier alpha value is -4.53. The summed E-state index contributed by atoms with van der Waals surface area (Å²) in [5.41, 5.74) is 4.27. The third-order valence-electron chi connectivity index (χ3n) is 6.52. The molecule has 2 aliphatic rings. The second kappa shape index (κ2) is 8.60. The van der Waals surface area contributed by atoms with E-state index >= 15 is 0 Å². The Morgan fingerprint density at radius 3 is 2.42 bits per heavy atom. The molecule has 9 heteroatoms. The van der Waals surface area contributed by atoms with Crippen molar-refractivity contribution in [3.8, 4) is 23.0 Å². The smallest absolute Gasteiger partial charge is 0.226 e. The van der Waals surface area contributed by atoms with Gasteiger partial charge in [0.15, 0.2) is 11.5 Å². The zero-order valence-electron chi connectivity index (χ0n) is 19.9. The van der Waals surface area contributed by atoms with Crippen LogP contribution in [0, 0.1) is 5.82 Å². The topological polar surface area (TPSA) is 79.7 Å². The molecule has 3 aromatic carbocycles. The molecule has 0 unspecified atom stereocenters. The largest absolute Gasteiger partial charge is 0.497 e. The van der Waals surface area contributed by atoms with Gasteiger partial charge in [0.1, 0.15) is 35.8 Å². The van der Waals surface area contributed by atoms with Crippen molar-refractivity contribution in [2.24, 2.45) is 0 Å². The van der Waals surface area contributed by atoms with Crippen molar-refractivity contribution in [1.29, 1.82) is 0 Å². The zero-order chi connectivity index (χ0) is 24.8. The number of ether oxygens (including phenoxy) is 4. The molecule has 0 bridgehead atoms. The van der Waals surface area contributed by atoms with Gasteiger partial charge in [-0.2, -0.15) is 10.1 Å². The summed E-state index contributed by atoms with van der Waals surface area (Å²) in [5, 5.41) is 7.95. The number of halogens is 1. The standard InChI is InChI=1S/C27H23FN4O4/c1-33-18-9-11-20-19(13-18)24-23(26(36-20)16-6-10-21(34-2)22(12-16)35-3)25(15-4-7-17(28)8-5-15)32-27(31-24)29-14-30-32/h4-14,25-26H,1-3H3,(H,29,30,31)/t25-,26-/m1/s1. The van der Waals surface area contributed by atoms with Gasteiger partial charge in [0.25, 0.3) is 0 Å². The van der Waals surface area contributed by atoms with Gasteiger partial charge in [-0.05, 0) is 48.0 Å². The van der Waals surface area contributed by atoms with Crippen molar-refractivity contribution in [2.75, 3.05) is 26.6 Å². The minimum absolute atomic E-state index is 0.313. The number of nitrogens with zero attached hydrogens (tertiary/aromatic N) is 3. The summed E-state index contributed by atoms with van der Waals surface area (Å²) < 4.78 is 38.8. The Balaban J connectivity index is 1.61. The fourth-order valence-corrected chi connectivity index (χ4v) is 4.83. The number of hydrogen-bond donors (Lipinski definition) is 1. The van der Waals surface area contributed by atoms with Crippen LogP contribution in [0.1, 0.15) is 28.8 Å². The number of rotatable bonds is 5. The first-order valence-electron chi connectivity index (χ1n) is 11.3. The van der Waals surface area contributed by atoms with Crippen LogP contribution in [0.4, 0.5) is 10.3 Å². The van der Waals surface area contributed by atoms with Crippen LogP contribution in [0.5, 0.6) is 23.0 Å². The molecule has 0 aliphatic carbocycles. The van der Waals surface area contributed by atoms with Gasteiger partial charge in [-0.25, -0.2) is 9.07 Å². The van der Waals surface area contributed by atoms with Crippen LogP contribution in [-0.2, 0) is 0 Å². The number of anilines is 1. The molecule has 0 saturated carbocycles. The van der Waals surface area contributed by atoms with Crippen LogP contribution in [0.3, 0.4) is 0 Å². The number of nitrogens with one attached hydrogen (secondary N) is 1. The Labute approximate surface area is 206 Å². The molecular weight excluding hydrogens is 463 g/mol. The van der Waals surface area contributed by atoms with Gasteiger partial charge in [0.2, 0.25) is 5.95 Å². The van der Waals surface area contributed by atoms with Crippen LogP contribution in [0.15, 0.2) is 72.6 Å². The maximum absolute atomic E-state index is 13.9. The molecule has 0 amide bonds. The average Bonchev–Trinajstić information content (AvgIpc) is 3.39. The van der Waals surface area contributed by atoms with E-state index in [9.17, 15) is 4.39 Å². The molecule has 1 aromatic heterocycles. The first-order chi connectivity index (χ1) is 17.6. The van der Waals surface area contributed by atoms with Gasteiger partial charge >= 0.3 is 0 Å². The quantitative estimate of drug-likeness (QED) is 0.425. The first-order valence-corrected chi connectivity index (χ1v) is 11.3. The highest BCUT2D eigenvalue weighted by Gasteiger charge is 2.41. The summed E-state index contributed by atoms with van der Waals surface area (Å²) in [6.07, 6.45) is 0.983. The number of methoxy groups -OCH3 is 3. The monoisotopic (exact) mass is 486 g/mol.